The average Bonchev–Trinajstić information content (AvgIpc) is 2.28. The van der Waals surface area contributed by atoms with Gasteiger partial charge in [0, 0.05) is 6.42 Å². The summed E-state index contributed by atoms with van der Waals surface area (Å²) in [6.45, 7) is 0. The van der Waals surface area contributed by atoms with Crippen LogP contribution in [-0.4, -0.2) is 12.2 Å². The highest BCUT2D eigenvalue weighted by atomic mass is 16.2. The molecule has 88 valence electrons. The molecule has 2 aromatic rings. The second-order valence-corrected chi connectivity index (χ2v) is 3.96. The molecular formula is C13H15N3O. The molecule has 2 amide bonds. The summed E-state index contributed by atoms with van der Waals surface area (Å²) in [6, 6.07) is 13.5. The largest absolute Gasteiger partial charge is 0.352 e. The normalized spacial score (nSPS) is 12.3. The molecule has 17 heavy (non-hydrogen) atoms. The monoisotopic (exact) mass is 229 g/mol. The van der Waals surface area contributed by atoms with Crippen molar-refractivity contribution in [1.29, 1.82) is 0 Å². The molecule has 0 saturated carbocycles. The van der Waals surface area contributed by atoms with Gasteiger partial charge in [0.1, 0.15) is 0 Å². The van der Waals surface area contributed by atoms with Crippen molar-refractivity contribution in [2.24, 2.45) is 11.5 Å². The first-order valence-corrected chi connectivity index (χ1v) is 5.45. The van der Waals surface area contributed by atoms with Crippen LogP contribution in [0.2, 0.25) is 0 Å². The number of hydrogen-bond acceptors (Lipinski definition) is 2. The Labute approximate surface area is 99.6 Å². The summed E-state index contributed by atoms with van der Waals surface area (Å²) in [5.74, 6) is 0. The van der Waals surface area contributed by atoms with Crippen molar-refractivity contribution in [2.75, 3.05) is 0 Å². The van der Waals surface area contributed by atoms with Gasteiger partial charge in [0.25, 0.3) is 0 Å². The predicted molar refractivity (Wildman–Crippen MR) is 68.3 cm³/mol. The molecule has 0 heterocycles. The number of nitrogens with one attached hydrogen (secondary N) is 1. The van der Waals surface area contributed by atoms with Crippen LogP contribution >= 0.6 is 0 Å². The second-order valence-electron chi connectivity index (χ2n) is 3.96. The summed E-state index contributed by atoms with van der Waals surface area (Å²) in [7, 11) is 0. The molecule has 0 fully saturated rings. The Balaban J connectivity index is 2.26. The van der Waals surface area contributed by atoms with Crippen LogP contribution in [0.15, 0.2) is 42.5 Å². The summed E-state index contributed by atoms with van der Waals surface area (Å²) < 4.78 is 0. The third kappa shape index (κ3) is 2.73. The van der Waals surface area contributed by atoms with Crippen LogP contribution in [0.3, 0.4) is 0 Å². The number of benzene rings is 2. The van der Waals surface area contributed by atoms with E-state index in [1.807, 2.05) is 42.5 Å². The molecule has 4 nitrogen and oxygen atoms in total. The van der Waals surface area contributed by atoms with Crippen molar-refractivity contribution in [1.82, 2.24) is 5.32 Å². The minimum absolute atomic E-state index is 0.460. The Bertz CT molecular complexity index is 534. The second kappa shape index (κ2) is 4.84. The quantitative estimate of drug-likeness (QED) is 0.694. The summed E-state index contributed by atoms with van der Waals surface area (Å²) >= 11 is 0. The lowest BCUT2D eigenvalue weighted by molar-refractivity contribution is 0.245. The smallest absolute Gasteiger partial charge is 0.313 e. The summed E-state index contributed by atoms with van der Waals surface area (Å²) in [4.78, 5) is 10.7. The fourth-order valence-corrected chi connectivity index (χ4v) is 1.94. The van der Waals surface area contributed by atoms with Gasteiger partial charge in [-0.15, -0.1) is 0 Å². The molecule has 0 aromatic heterocycles. The fourth-order valence-electron chi connectivity index (χ4n) is 1.94. The van der Waals surface area contributed by atoms with E-state index >= 15 is 0 Å². The molecule has 5 N–H and O–H groups in total. The Morgan fingerprint density at radius 3 is 2.65 bits per heavy atom. The molecule has 2 aromatic carbocycles. The van der Waals surface area contributed by atoms with E-state index in [9.17, 15) is 4.79 Å². The van der Waals surface area contributed by atoms with E-state index in [1.165, 1.54) is 0 Å². The van der Waals surface area contributed by atoms with Gasteiger partial charge in [-0.25, -0.2) is 4.79 Å². The Morgan fingerprint density at radius 2 is 1.88 bits per heavy atom. The van der Waals surface area contributed by atoms with Gasteiger partial charge in [-0.2, -0.15) is 0 Å². The van der Waals surface area contributed by atoms with Crippen molar-refractivity contribution in [3.05, 3.63) is 48.0 Å². The van der Waals surface area contributed by atoms with Gasteiger partial charge in [0.2, 0.25) is 0 Å². The van der Waals surface area contributed by atoms with Crippen molar-refractivity contribution in [2.45, 2.75) is 12.6 Å². The van der Waals surface area contributed by atoms with E-state index in [0.29, 0.717) is 6.42 Å². The first-order chi connectivity index (χ1) is 8.16. The minimum atomic E-state index is -0.599. The number of urea groups is 1. The first kappa shape index (κ1) is 11.4. The van der Waals surface area contributed by atoms with Gasteiger partial charge >= 0.3 is 6.03 Å². The summed E-state index contributed by atoms with van der Waals surface area (Å²) in [5, 5.41) is 4.79. The molecule has 0 aliphatic rings. The van der Waals surface area contributed by atoms with Crippen LogP contribution in [-0.2, 0) is 6.42 Å². The van der Waals surface area contributed by atoms with Gasteiger partial charge in [0.15, 0.2) is 0 Å². The number of amides is 2. The molecule has 0 bridgehead atoms. The van der Waals surface area contributed by atoms with Crippen molar-refractivity contribution < 1.29 is 4.79 Å². The average molecular weight is 229 g/mol. The lowest BCUT2D eigenvalue weighted by Gasteiger charge is -2.13. The fraction of sp³-hybridized carbons (Fsp3) is 0.154. The number of fused-ring (bicyclic) bond motifs is 1. The number of primary amides is 1. The topological polar surface area (TPSA) is 81.1 Å². The number of carbonyl (C=O) groups is 1. The Morgan fingerprint density at radius 1 is 1.18 bits per heavy atom. The minimum Gasteiger partial charge on any atom is -0.352 e. The van der Waals surface area contributed by atoms with Gasteiger partial charge in [-0.1, -0.05) is 42.5 Å². The molecule has 1 unspecified atom stereocenters. The van der Waals surface area contributed by atoms with E-state index in [-0.39, 0.29) is 0 Å². The highest BCUT2D eigenvalue weighted by Crippen LogP contribution is 2.19. The SMILES string of the molecule is NC(=O)NC(N)Cc1cccc2ccccc12. The van der Waals surface area contributed by atoms with Gasteiger partial charge in [0.05, 0.1) is 6.17 Å². The zero-order valence-electron chi connectivity index (χ0n) is 9.39. The molecule has 0 aliphatic heterocycles. The van der Waals surface area contributed by atoms with Gasteiger partial charge < -0.3 is 16.8 Å². The maximum absolute atomic E-state index is 10.7. The molecule has 0 saturated heterocycles. The summed E-state index contributed by atoms with van der Waals surface area (Å²) in [6.07, 6.45) is 0.0999. The standard InChI is InChI=1S/C13H15N3O/c14-12(16-13(15)17)8-10-6-3-5-9-4-1-2-7-11(9)10/h1-7,12H,8,14H2,(H3,15,16,17). The maximum Gasteiger partial charge on any atom is 0.313 e. The zero-order chi connectivity index (χ0) is 12.3. The van der Waals surface area contributed by atoms with Crippen LogP contribution in [0.1, 0.15) is 5.56 Å². The highest BCUT2D eigenvalue weighted by molar-refractivity contribution is 5.85. The van der Waals surface area contributed by atoms with Crippen LogP contribution in [0, 0.1) is 0 Å². The van der Waals surface area contributed by atoms with E-state index < -0.39 is 12.2 Å². The third-order valence-electron chi connectivity index (χ3n) is 2.65. The molecular weight excluding hydrogens is 214 g/mol. The van der Waals surface area contributed by atoms with E-state index in [2.05, 4.69) is 5.32 Å². The Kier molecular flexibility index (Phi) is 3.25. The van der Waals surface area contributed by atoms with E-state index in [4.69, 9.17) is 11.5 Å². The molecule has 0 aliphatic carbocycles. The van der Waals surface area contributed by atoms with Crippen LogP contribution < -0.4 is 16.8 Å². The maximum atomic E-state index is 10.7. The highest BCUT2D eigenvalue weighted by Gasteiger charge is 2.07. The lowest BCUT2D eigenvalue weighted by Crippen LogP contribution is -2.45. The van der Waals surface area contributed by atoms with Gasteiger partial charge in [-0.05, 0) is 16.3 Å². The molecule has 2 rings (SSSR count). The van der Waals surface area contributed by atoms with E-state index in [1.54, 1.807) is 0 Å². The lowest BCUT2D eigenvalue weighted by atomic mass is 10.0. The molecule has 0 radical (unpaired) electrons. The van der Waals surface area contributed by atoms with Crippen molar-refractivity contribution in [3.63, 3.8) is 0 Å². The number of rotatable bonds is 3. The van der Waals surface area contributed by atoms with Crippen molar-refractivity contribution >= 4 is 16.8 Å². The first-order valence-electron chi connectivity index (χ1n) is 5.45. The van der Waals surface area contributed by atoms with Crippen LogP contribution in [0.5, 0.6) is 0 Å². The number of hydrogen-bond donors (Lipinski definition) is 3. The zero-order valence-corrected chi connectivity index (χ0v) is 9.39. The Hall–Kier alpha value is -2.07. The van der Waals surface area contributed by atoms with Crippen LogP contribution in [0.4, 0.5) is 4.79 Å². The van der Waals surface area contributed by atoms with Crippen molar-refractivity contribution in [3.8, 4) is 0 Å². The number of nitrogens with two attached hydrogens (primary N) is 2. The third-order valence-corrected chi connectivity index (χ3v) is 2.65. The van der Waals surface area contributed by atoms with E-state index in [0.717, 1.165) is 16.3 Å². The van der Waals surface area contributed by atoms with Crippen LogP contribution in [0.25, 0.3) is 10.8 Å². The summed E-state index contributed by atoms with van der Waals surface area (Å²) in [5.41, 5.74) is 11.9. The predicted octanol–water partition coefficient (Wildman–Crippen LogP) is 1.34. The molecule has 0 spiro atoms. The van der Waals surface area contributed by atoms with Gasteiger partial charge in [-0.3, -0.25) is 0 Å². The molecule has 4 heteroatoms. The molecule has 1 atom stereocenters. The number of carbonyl (C=O) groups excluding carboxylic acids is 1.